The predicted octanol–water partition coefficient (Wildman–Crippen LogP) is -4.83. The summed E-state index contributed by atoms with van der Waals surface area (Å²) in [5.41, 5.74) is 0. The van der Waals surface area contributed by atoms with Gasteiger partial charge in [0, 0.05) is 13.3 Å². The smallest absolute Gasteiger partial charge is 0.303 e. The normalized spacial score (nSPS) is 39.1. The fraction of sp³-hybridized carbons (Fsp3) is 0.882. The second-order valence-electron chi connectivity index (χ2n) is 6.79. The monoisotopic (exact) mass is 476 g/mol. The molecule has 15 nitrogen and oxygen atoms in total. The number of carboxylic acid groups (broad SMARTS) is 2. The van der Waals surface area contributed by atoms with Crippen LogP contribution in [0.5, 0.6) is 0 Å². The molecule has 10 N–H and O–H groups in total. The number of ether oxygens (including phenoxy) is 3. The first-order valence-electron chi connectivity index (χ1n) is 9.50. The van der Waals surface area contributed by atoms with Crippen LogP contribution < -0.4 is 0 Å². The molecule has 10 atom stereocenters. The fourth-order valence-electron chi connectivity index (χ4n) is 2.57. The number of hydrogen-bond donors (Lipinski definition) is 10. The lowest BCUT2D eigenvalue weighted by atomic mass is 9.97. The standard InChI is InChI=1S/C12H22O11.C3H6O2.C2H4O2/c13-1-3-5(15)6(16)9(19)12(22-3)23-10-4(2-14)21-11(20)8(18)7(10)17;1-2-3(4)5;1-2(3)4/h3-20H,1-2H2;2H2,1H3,(H,4,5);1H3,(H,3,4)/t3-,4-,5+,6+,7-,8-,9-,10-,11?,12+;;/m1../s1. The van der Waals surface area contributed by atoms with Gasteiger partial charge in [-0.15, -0.1) is 0 Å². The van der Waals surface area contributed by atoms with E-state index in [1.54, 1.807) is 6.92 Å². The van der Waals surface area contributed by atoms with Crippen molar-refractivity contribution in [3.8, 4) is 0 Å². The lowest BCUT2D eigenvalue weighted by Crippen LogP contribution is -2.64. The number of carbonyl (C=O) groups is 2. The molecule has 0 saturated carbocycles. The van der Waals surface area contributed by atoms with Crippen molar-refractivity contribution in [3.63, 3.8) is 0 Å². The second-order valence-corrected chi connectivity index (χ2v) is 6.79. The molecule has 2 saturated heterocycles. The molecular formula is C17H32O15. The fourth-order valence-corrected chi connectivity index (χ4v) is 2.57. The van der Waals surface area contributed by atoms with Crippen molar-refractivity contribution in [2.24, 2.45) is 0 Å². The van der Waals surface area contributed by atoms with E-state index in [-0.39, 0.29) is 6.42 Å². The predicted molar refractivity (Wildman–Crippen MR) is 99.9 cm³/mol. The Bertz CT molecular complexity index is 552. The molecule has 2 aliphatic heterocycles. The van der Waals surface area contributed by atoms with E-state index in [0.717, 1.165) is 6.92 Å². The van der Waals surface area contributed by atoms with Crippen LogP contribution >= 0.6 is 0 Å². The van der Waals surface area contributed by atoms with Gasteiger partial charge in [-0.25, -0.2) is 0 Å². The Labute approximate surface area is 182 Å². The Hall–Kier alpha value is -1.50. The van der Waals surface area contributed by atoms with Gasteiger partial charge in [-0.3, -0.25) is 9.59 Å². The maximum absolute atomic E-state index is 9.94. The van der Waals surface area contributed by atoms with Gasteiger partial charge in [-0.2, -0.15) is 0 Å². The Morgan fingerprint density at radius 3 is 1.66 bits per heavy atom. The van der Waals surface area contributed by atoms with Crippen molar-refractivity contribution < 1.29 is 74.9 Å². The average Bonchev–Trinajstić information content (AvgIpc) is 2.73. The maximum atomic E-state index is 9.94. The molecule has 0 spiro atoms. The quantitative estimate of drug-likeness (QED) is 0.178. The van der Waals surface area contributed by atoms with Crippen molar-refractivity contribution >= 4 is 11.9 Å². The Kier molecular flexibility index (Phi) is 13.9. The SMILES string of the molecule is CC(=O)O.CCC(=O)O.OC[C@H]1O[C@@H](O[C@H]2[C@H](O)[C@@H](O)C(O)O[C@@H]2CO)[C@H](O)[C@@H](O)[C@H]1O. The van der Waals surface area contributed by atoms with E-state index >= 15 is 0 Å². The molecule has 15 heteroatoms. The maximum Gasteiger partial charge on any atom is 0.303 e. The molecule has 190 valence electrons. The van der Waals surface area contributed by atoms with E-state index in [0.29, 0.717) is 0 Å². The number of carboxylic acids is 2. The van der Waals surface area contributed by atoms with E-state index in [1.807, 2.05) is 0 Å². The van der Waals surface area contributed by atoms with Gasteiger partial charge >= 0.3 is 5.97 Å². The summed E-state index contributed by atoms with van der Waals surface area (Å²) in [6, 6.07) is 0. The minimum absolute atomic E-state index is 0.222. The Balaban J connectivity index is 0.000000906. The van der Waals surface area contributed by atoms with Crippen LogP contribution in [0.2, 0.25) is 0 Å². The zero-order valence-corrected chi connectivity index (χ0v) is 17.4. The largest absolute Gasteiger partial charge is 0.481 e. The Morgan fingerprint density at radius 1 is 0.781 bits per heavy atom. The van der Waals surface area contributed by atoms with Gasteiger partial charge in [0.1, 0.15) is 48.8 Å². The number of aliphatic carboxylic acids is 2. The summed E-state index contributed by atoms with van der Waals surface area (Å²) >= 11 is 0. The summed E-state index contributed by atoms with van der Waals surface area (Å²) in [5.74, 6) is -1.58. The highest BCUT2D eigenvalue weighted by Crippen LogP contribution is 2.28. The first-order valence-corrected chi connectivity index (χ1v) is 9.50. The first kappa shape index (κ1) is 30.5. The van der Waals surface area contributed by atoms with Crippen molar-refractivity contribution in [2.75, 3.05) is 13.2 Å². The molecule has 2 rings (SSSR count). The van der Waals surface area contributed by atoms with Gasteiger partial charge < -0.3 is 65.3 Å². The van der Waals surface area contributed by atoms with Crippen LogP contribution in [0.15, 0.2) is 0 Å². The second kappa shape index (κ2) is 14.6. The molecule has 32 heavy (non-hydrogen) atoms. The summed E-state index contributed by atoms with van der Waals surface area (Å²) in [5, 5.41) is 91.6. The van der Waals surface area contributed by atoms with Crippen LogP contribution in [0.4, 0.5) is 0 Å². The van der Waals surface area contributed by atoms with Gasteiger partial charge in [-0.05, 0) is 0 Å². The third-order valence-corrected chi connectivity index (χ3v) is 4.28. The number of hydrogen-bond acceptors (Lipinski definition) is 13. The van der Waals surface area contributed by atoms with Crippen molar-refractivity contribution in [2.45, 2.75) is 81.7 Å². The van der Waals surface area contributed by atoms with Gasteiger partial charge in [0.25, 0.3) is 5.97 Å². The highest BCUT2D eigenvalue weighted by atomic mass is 16.7. The van der Waals surface area contributed by atoms with Crippen LogP contribution in [0.1, 0.15) is 20.3 Å². The number of aliphatic hydroxyl groups is 8. The summed E-state index contributed by atoms with van der Waals surface area (Å²) in [6.07, 6.45) is -15.3. The lowest BCUT2D eigenvalue weighted by Gasteiger charge is -2.45. The number of aliphatic hydroxyl groups excluding tert-OH is 8. The molecule has 2 fully saturated rings. The van der Waals surface area contributed by atoms with Crippen LogP contribution in [0, 0.1) is 0 Å². The van der Waals surface area contributed by atoms with Crippen LogP contribution in [0.25, 0.3) is 0 Å². The highest BCUT2D eigenvalue weighted by molar-refractivity contribution is 5.66. The van der Waals surface area contributed by atoms with Gasteiger partial charge in [0.05, 0.1) is 13.2 Å². The lowest BCUT2D eigenvalue weighted by molar-refractivity contribution is -0.355. The molecule has 2 aliphatic rings. The molecule has 0 amide bonds. The molecule has 0 bridgehead atoms. The van der Waals surface area contributed by atoms with Crippen LogP contribution in [-0.2, 0) is 23.8 Å². The van der Waals surface area contributed by atoms with Crippen molar-refractivity contribution in [3.05, 3.63) is 0 Å². The van der Waals surface area contributed by atoms with E-state index in [1.165, 1.54) is 0 Å². The average molecular weight is 476 g/mol. The van der Waals surface area contributed by atoms with Gasteiger partial charge in [0.2, 0.25) is 0 Å². The topological polar surface area (TPSA) is 264 Å². The third-order valence-electron chi connectivity index (χ3n) is 4.28. The zero-order valence-electron chi connectivity index (χ0n) is 17.4. The van der Waals surface area contributed by atoms with E-state index in [2.05, 4.69) is 0 Å². The van der Waals surface area contributed by atoms with Crippen molar-refractivity contribution in [1.29, 1.82) is 0 Å². The summed E-state index contributed by atoms with van der Waals surface area (Å²) in [4.78, 5) is 18.4. The third kappa shape index (κ3) is 9.16. The van der Waals surface area contributed by atoms with Crippen LogP contribution in [0.3, 0.4) is 0 Å². The Morgan fingerprint density at radius 2 is 1.25 bits per heavy atom. The summed E-state index contributed by atoms with van der Waals surface area (Å²) < 4.78 is 15.3. The van der Waals surface area contributed by atoms with E-state index in [9.17, 15) is 40.5 Å². The zero-order chi connectivity index (χ0) is 25.2. The molecule has 0 aromatic rings. The first-order chi connectivity index (χ1) is 14.8. The van der Waals surface area contributed by atoms with E-state index in [4.69, 9.17) is 34.3 Å². The van der Waals surface area contributed by atoms with Gasteiger partial charge in [-0.1, -0.05) is 6.92 Å². The number of rotatable bonds is 5. The van der Waals surface area contributed by atoms with Crippen molar-refractivity contribution in [1.82, 2.24) is 0 Å². The molecule has 1 unspecified atom stereocenters. The van der Waals surface area contributed by atoms with Crippen LogP contribution in [-0.4, -0.2) is 138 Å². The summed E-state index contributed by atoms with van der Waals surface area (Å²) in [6.45, 7) is 1.34. The highest BCUT2D eigenvalue weighted by Gasteiger charge is 2.50. The molecule has 0 aromatic carbocycles. The van der Waals surface area contributed by atoms with Gasteiger partial charge in [0.15, 0.2) is 12.6 Å². The van der Waals surface area contributed by atoms with E-state index < -0.39 is 86.6 Å². The molecule has 0 radical (unpaired) electrons. The molecule has 0 aliphatic carbocycles. The minimum Gasteiger partial charge on any atom is -0.481 e. The summed E-state index contributed by atoms with van der Waals surface area (Å²) in [7, 11) is 0. The molecule has 2 heterocycles. The minimum atomic E-state index is -1.74. The molecule has 0 aromatic heterocycles. The molecular weight excluding hydrogens is 444 g/mol.